The summed E-state index contributed by atoms with van der Waals surface area (Å²) in [6, 6.07) is 2.53. The van der Waals surface area contributed by atoms with Crippen LogP contribution in [-0.2, 0) is 4.74 Å². The summed E-state index contributed by atoms with van der Waals surface area (Å²) in [6.45, 7) is -0.168. The van der Waals surface area contributed by atoms with Gasteiger partial charge in [0.25, 0.3) is 0 Å². The molecule has 0 spiro atoms. The molecule has 0 radical (unpaired) electrons. The first-order valence-corrected chi connectivity index (χ1v) is 4.97. The van der Waals surface area contributed by atoms with Crippen molar-refractivity contribution in [3.8, 4) is 0 Å². The van der Waals surface area contributed by atoms with E-state index in [4.69, 9.17) is 14.3 Å². The summed E-state index contributed by atoms with van der Waals surface area (Å²) in [6.07, 6.45) is -0.138. The van der Waals surface area contributed by atoms with Gasteiger partial charge in [-0.15, -0.1) is 0 Å². The van der Waals surface area contributed by atoms with Crippen molar-refractivity contribution in [2.24, 2.45) is 5.10 Å². The molecule has 0 aliphatic carbocycles. The summed E-state index contributed by atoms with van der Waals surface area (Å²) in [4.78, 5) is 20.9. The van der Waals surface area contributed by atoms with Gasteiger partial charge in [-0.05, 0) is 6.07 Å². The predicted octanol–water partition coefficient (Wildman–Crippen LogP) is 0.335. The lowest BCUT2D eigenvalue weighted by Crippen LogP contribution is -2.20. The van der Waals surface area contributed by atoms with Gasteiger partial charge in [0.05, 0.1) is 25.4 Å². The van der Waals surface area contributed by atoms with Crippen molar-refractivity contribution in [3.05, 3.63) is 28.0 Å². The zero-order valence-electron chi connectivity index (χ0n) is 9.05. The number of aliphatic hydroxyl groups is 1. The van der Waals surface area contributed by atoms with Crippen LogP contribution in [0.5, 0.6) is 0 Å². The van der Waals surface area contributed by atoms with Crippen molar-refractivity contribution in [1.82, 2.24) is 5.01 Å². The fraction of sp³-hybridized carbons (Fsp3) is 0.333. The SMILES string of the molecule is O=C1OC(CO)CN1/N=C/c1ccc([N+](=O)[O-])o1. The maximum absolute atomic E-state index is 11.2. The van der Waals surface area contributed by atoms with Crippen LogP contribution >= 0.6 is 0 Å². The van der Waals surface area contributed by atoms with E-state index in [1.165, 1.54) is 12.1 Å². The molecule has 9 nitrogen and oxygen atoms in total. The van der Waals surface area contributed by atoms with Crippen LogP contribution in [0.25, 0.3) is 0 Å². The van der Waals surface area contributed by atoms with E-state index in [0.29, 0.717) is 0 Å². The number of hydrogen-bond donors (Lipinski definition) is 1. The molecule has 0 aromatic carbocycles. The van der Waals surface area contributed by atoms with Gasteiger partial charge in [0.1, 0.15) is 11.0 Å². The summed E-state index contributed by atoms with van der Waals surface area (Å²) in [7, 11) is 0. The van der Waals surface area contributed by atoms with Crippen LogP contribution in [0.2, 0.25) is 0 Å². The number of furan rings is 1. The molecule has 1 unspecified atom stereocenters. The molecule has 1 atom stereocenters. The number of nitro groups is 1. The van der Waals surface area contributed by atoms with Crippen LogP contribution in [0.15, 0.2) is 21.7 Å². The van der Waals surface area contributed by atoms with Gasteiger partial charge in [-0.25, -0.2) is 4.79 Å². The number of hydrogen-bond acceptors (Lipinski definition) is 7. The molecule has 1 aromatic rings. The van der Waals surface area contributed by atoms with Gasteiger partial charge in [0, 0.05) is 0 Å². The van der Waals surface area contributed by atoms with Crippen molar-refractivity contribution in [2.45, 2.75) is 6.10 Å². The van der Waals surface area contributed by atoms with Crippen molar-refractivity contribution < 1.29 is 24.0 Å². The van der Waals surface area contributed by atoms with Gasteiger partial charge >= 0.3 is 12.0 Å². The second-order valence-electron chi connectivity index (χ2n) is 3.45. The summed E-state index contributed by atoms with van der Waals surface area (Å²) in [5, 5.41) is 23.9. The highest BCUT2D eigenvalue weighted by molar-refractivity contribution is 5.78. The summed E-state index contributed by atoms with van der Waals surface area (Å²) in [5.74, 6) is -0.268. The lowest BCUT2D eigenvalue weighted by atomic mass is 10.4. The van der Waals surface area contributed by atoms with Gasteiger partial charge in [0.15, 0.2) is 5.76 Å². The molecular weight excluding hydrogens is 246 g/mol. The Morgan fingerprint density at radius 2 is 2.44 bits per heavy atom. The molecule has 1 aliphatic heterocycles. The Morgan fingerprint density at radius 3 is 3.00 bits per heavy atom. The summed E-state index contributed by atoms with van der Waals surface area (Å²) >= 11 is 0. The molecule has 1 N–H and O–H groups in total. The number of carbonyl (C=O) groups is 1. The molecule has 2 rings (SSSR count). The van der Waals surface area contributed by atoms with E-state index in [2.05, 4.69) is 5.10 Å². The molecule has 1 fully saturated rings. The van der Waals surface area contributed by atoms with Crippen molar-refractivity contribution >= 4 is 18.2 Å². The highest BCUT2D eigenvalue weighted by atomic mass is 16.6. The quantitative estimate of drug-likeness (QED) is 0.470. The number of amides is 1. The van der Waals surface area contributed by atoms with Gasteiger partial charge < -0.3 is 14.3 Å². The smallest absolute Gasteiger partial charge is 0.433 e. The minimum absolute atomic E-state index is 0.120. The summed E-state index contributed by atoms with van der Waals surface area (Å²) in [5.41, 5.74) is 0. The van der Waals surface area contributed by atoms with E-state index in [9.17, 15) is 14.9 Å². The second kappa shape index (κ2) is 4.84. The highest BCUT2D eigenvalue weighted by Crippen LogP contribution is 2.15. The fourth-order valence-corrected chi connectivity index (χ4v) is 1.33. The monoisotopic (exact) mass is 255 g/mol. The maximum atomic E-state index is 11.2. The Hall–Kier alpha value is -2.42. The van der Waals surface area contributed by atoms with E-state index in [1.807, 2.05) is 0 Å². The van der Waals surface area contributed by atoms with Gasteiger partial charge in [-0.3, -0.25) is 10.1 Å². The highest BCUT2D eigenvalue weighted by Gasteiger charge is 2.30. The average Bonchev–Trinajstić information content (AvgIpc) is 2.93. The maximum Gasteiger partial charge on any atom is 0.433 e. The van der Waals surface area contributed by atoms with Crippen LogP contribution in [0.1, 0.15) is 5.76 Å². The van der Waals surface area contributed by atoms with Gasteiger partial charge in [-0.1, -0.05) is 0 Å². The normalized spacial score (nSPS) is 19.5. The van der Waals surface area contributed by atoms with Crippen LogP contribution in [0.4, 0.5) is 10.7 Å². The summed E-state index contributed by atoms with van der Waals surface area (Å²) < 4.78 is 9.56. The number of ether oxygens (including phenoxy) is 1. The Morgan fingerprint density at radius 1 is 1.67 bits per heavy atom. The number of rotatable bonds is 4. The van der Waals surface area contributed by atoms with Crippen molar-refractivity contribution in [1.29, 1.82) is 0 Å². The number of nitrogens with zero attached hydrogens (tertiary/aromatic N) is 3. The molecule has 0 saturated carbocycles. The van der Waals surface area contributed by atoms with Gasteiger partial charge in [0.2, 0.25) is 0 Å². The molecule has 1 aliphatic rings. The van der Waals surface area contributed by atoms with Crippen molar-refractivity contribution in [3.63, 3.8) is 0 Å². The van der Waals surface area contributed by atoms with Crippen LogP contribution in [-0.4, -0.2) is 46.6 Å². The molecule has 1 aromatic heterocycles. The molecule has 9 heteroatoms. The fourth-order valence-electron chi connectivity index (χ4n) is 1.33. The lowest BCUT2D eigenvalue weighted by molar-refractivity contribution is -0.402. The lowest BCUT2D eigenvalue weighted by Gasteiger charge is -2.02. The van der Waals surface area contributed by atoms with Gasteiger partial charge in [-0.2, -0.15) is 10.1 Å². The van der Waals surface area contributed by atoms with E-state index in [0.717, 1.165) is 11.2 Å². The molecular formula is C9H9N3O6. The standard InChI is InChI=1S/C9H9N3O6/c13-5-7-4-11(9(14)18-7)10-3-6-1-2-8(17-6)12(15)16/h1-3,7,13H,4-5H2/b10-3+. The first kappa shape index (κ1) is 12.0. The minimum atomic E-state index is -0.689. The molecule has 2 heterocycles. The molecule has 0 bridgehead atoms. The first-order chi connectivity index (χ1) is 8.60. The Labute approximate surface area is 100 Å². The Kier molecular flexibility index (Phi) is 3.24. The largest absolute Gasteiger partial charge is 0.440 e. The van der Waals surface area contributed by atoms with E-state index < -0.39 is 23.0 Å². The number of aliphatic hydroxyl groups excluding tert-OH is 1. The average molecular weight is 255 g/mol. The third-order valence-corrected chi connectivity index (χ3v) is 2.18. The van der Waals surface area contributed by atoms with Crippen LogP contribution in [0, 0.1) is 10.1 Å². The predicted molar refractivity (Wildman–Crippen MR) is 57.0 cm³/mol. The second-order valence-corrected chi connectivity index (χ2v) is 3.45. The molecule has 1 amide bonds. The van der Waals surface area contributed by atoms with Crippen LogP contribution in [0.3, 0.4) is 0 Å². The zero-order chi connectivity index (χ0) is 13.1. The van der Waals surface area contributed by atoms with Crippen molar-refractivity contribution in [2.75, 3.05) is 13.2 Å². The van der Waals surface area contributed by atoms with E-state index in [-0.39, 0.29) is 18.9 Å². The molecule has 18 heavy (non-hydrogen) atoms. The Balaban J connectivity index is 2.02. The first-order valence-electron chi connectivity index (χ1n) is 4.97. The number of hydrazone groups is 1. The number of cyclic esters (lactones) is 1. The number of carbonyl (C=O) groups excluding carboxylic acids is 1. The molecule has 1 saturated heterocycles. The third-order valence-electron chi connectivity index (χ3n) is 2.18. The van der Waals surface area contributed by atoms with Crippen LogP contribution < -0.4 is 0 Å². The zero-order valence-corrected chi connectivity index (χ0v) is 9.05. The molecule has 96 valence electrons. The Bertz CT molecular complexity index is 496. The van der Waals surface area contributed by atoms with E-state index in [1.54, 1.807) is 0 Å². The third kappa shape index (κ3) is 2.46. The van der Waals surface area contributed by atoms with E-state index >= 15 is 0 Å². The topological polar surface area (TPSA) is 118 Å². The minimum Gasteiger partial charge on any atom is -0.440 e.